The molecular formula is C21H29N5O2. The Morgan fingerprint density at radius 2 is 1.82 bits per heavy atom. The minimum absolute atomic E-state index is 0.0749. The summed E-state index contributed by atoms with van der Waals surface area (Å²) in [7, 11) is 1.79. The first-order valence-corrected chi connectivity index (χ1v) is 10.1. The van der Waals surface area contributed by atoms with Crippen molar-refractivity contribution in [3.8, 4) is 0 Å². The minimum Gasteiger partial charge on any atom is -0.339 e. The Bertz CT molecular complexity index is 827. The van der Waals surface area contributed by atoms with E-state index in [4.69, 9.17) is 0 Å². The van der Waals surface area contributed by atoms with Gasteiger partial charge in [-0.3, -0.25) is 14.6 Å². The van der Waals surface area contributed by atoms with Crippen molar-refractivity contribution in [1.82, 2.24) is 24.3 Å². The molecule has 0 fully saturated rings. The van der Waals surface area contributed by atoms with Crippen LogP contribution in [0.2, 0.25) is 0 Å². The monoisotopic (exact) mass is 383 g/mol. The largest absolute Gasteiger partial charge is 0.339 e. The van der Waals surface area contributed by atoms with Crippen molar-refractivity contribution in [3.63, 3.8) is 0 Å². The number of nitrogens with zero attached hydrogens (tertiary/aromatic N) is 5. The maximum absolute atomic E-state index is 13.1. The van der Waals surface area contributed by atoms with E-state index in [1.165, 1.54) is 0 Å². The lowest BCUT2D eigenvalue weighted by Gasteiger charge is -2.21. The van der Waals surface area contributed by atoms with Crippen LogP contribution >= 0.6 is 0 Å². The van der Waals surface area contributed by atoms with Crippen LogP contribution in [0.5, 0.6) is 0 Å². The van der Waals surface area contributed by atoms with Gasteiger partial charge in [0.25, 0.3) is 11.8 Å². The molecule has 2 aromatic heterocycles. The van der Waals surface area contributed by atoms with E-state index >= 15 is 0 Å². The van der Waals surface area contributed by atoms with Crippen molar-refractivity contribution < 1.29 is 9.59 Å². The van der Waals surface area contributed by atoms with E-state index in [0.717, 1.165) is 43.5 Å². The van der Waals surface area contributed by atoms with Crippen molar-refractivity contribution in [2.75, 3.05) is 26.7 Å². The molecule has 0 unspecified atom stereocenters. The zero-order chi connectivity index (χ0) is 20.1. The summed E-state index contributed by atoms with van der Waals surface area (Å²) in [6, 6.07) is 3.91. The lowest BCUT2D eigenvalue weighted by molar-refractivity contribution is 0.0766. The maximum atomic E-state index is 13.1. The maximum Gasteiger partial charge on any atom is 0.289 e. The van der Waals surface area contributed by atoms with Gasteiger partial charge in [0.05, 0.1) is 5.69 Å². The van der Waals surface area contributed by atoms with Gasteiger partial charge in [-0.2, -0.15) is 0 Å². The number of hydrogen-bond acceptors (Lipinski definition) is 4. The zero-order valence-electron chi connectivity index (χ0n) is 17.0. The van der Waals surface area contributed by atoms with E-state index < -0.39 is 0 Å². The average molecular weight is 383 g/mol. The molecule has 0 saturated carbocycles. The van der Waals surface area contributed by atoms with Crippen LogP contribution in [0.4, 0.5) is 0 Å². The molecule has 7 nitrogen and oxygen atoms in total. The summed E-state index contributed by atoms with van der Waals surface area (Å²) in [6.07, 6.45) is 7.09. The highest BCUT2D eigenvalue weighted by Crippen LogP contribution is 2.23. The van der Waals surface area contributed by atoms with Crippen LogP contribution in [0.15, 0.2) is 24.5 Å². The molecule has 0 radical (unpaired) electrons. The number of carbonyl (C=O) groups excluding carboxylic acids is 2. The molecule has 7 heteroatoms. The standard InChI is InChI=1S/C21H29N5O2/c1-4-25(5-2)20(27)18-17-8-6-7-14-26(17)19(23-18)21(28)24(3)15-11-16-9-12-22-13-10-16/h9-10,12-13H,4-8,11,14-15H2,1-3H3. The van der Waals surface area contributed by atoms with Gasteiger partial charge < -0.3 is 14.4 Å². The van der Waals surface area contributed by atoms with Gasteiger partial charge in [0.15, 0.2) is 5.82 Å². The number of pyridine rings is 1. The highest BCUT2D eigenvalue weighted by Gasteiger charge is 2.30. The Labute approximate surface area is 166 Å². The van der Waals surface area contributed by atoms with Crippen molar-refractivity contribution in [2.45, 2.75) is 46.1 Å². The second kappa shape index (κ2) is 8.99. The number of likely N-dealkylation sites (N-methyl/N-ethyl adjacent to an activating group) is 1. The topological polar surface area (TPSA) is 71.3 Å². The molecular weight excluding hydrogens is 354 g/mol. The molecule has 1 aliphatic rings. The van der Waals surface area contributed by atoms with E-state index in [2.05, 4.69) is 9.97 Å². The highest BCUT2D eigenvalue weighted by molar-refractivity contribution is 5.97. The van der Waals surface area contributed by atoms with Gasteiger partial charge in [-0.1, -0.05) is 0 Å². The Kier molecular flexibility index (Phi) is 6.44. The third-order valence-corrected chi connectivity index (χ3v) is 5.39. The quantitative estimate of drug-likeness (QED) is 0.736. The van der Waals surface area contributed by atoms with Crippen molar-refractivity contribution in [3.05, 3.63) is 47.3 Å². The first-order valence-electron chi connectivity index (χ1n) is 10.1. The molecule has 0 saturated heterocycles. The average Bonchev–Trinajstić information content (AvgIpc) is 3.12. The molecule has 3 heterocycles. The summed E-state index contributed by atoms with van der Waals surface area (Å²) in [5.74, 6) is 0.187. The van der Waals surface area contributed by atoms with Crippen LogP contribution in [0.25, 0.3) is 0 Å². The van der Waals surface area contributed by atoms with Gasteiger partial charge in [-0.05, 0) is 57.2 Å². The molecule has 0 aromatic carbocycles. The van der Waals surface area contributed by atoms with Gasteiger partial charge in [0, 0.05) is 45.6 Å². The van der Waals surface area contributed by atoms with Crippen LogP contribution in [0, 0.1) is 0 Å². The van der Waals surface area contributed by atoms with Gasteiger partial charge >= 0.3 is 0 Å². The Hall–Kier alpha value is -2.70. The Balaban J connectivity index is 1.82. The molecule has 0 atom stereocenters. The summed E-state index contributed by atoms with van der Waals surface area (Å²) < 4.78 is 1.96. The first kappa shape index (κ1) is 20.0. The van der Waals surface area contributed by atoms with Gasteiger partial charge in [0.2, 0.25) is 0 Å². The number of hydrogen-bond donors (Lipinski definition) is 0. The molecule has 0 spiro atoms. The smallest absolute Gasteiger partial charge is 0.289 e. The highest BCUT2D eigenvalue weighted by atomic mass is 16.2. The van der Waals surface area contributed by atoms with E-state index in [1.807, 2.05) is 30.5 Å². The van der Waals surface area contributed by atoms with Crippen LogP contribution < -0.4 is 0 Å². The van der Waals surface area contributed by atoms with Crippen molar-refractivity contribution in [1.29, 1.82) is 0 Å². The second-order valence-corrected chi connectivity index (χ2v) is 7.15. The van der Waals surface area contributed by atoms with E-state index in [0.29, 0.717) is 31.2 Å². The molecule has 0 aliphatic carbocycles. The normalized spacial score (nSPS) is 13.1. The first-order chi connectivity index (χ1) is 13.6. The number of imidazole rings is 1. The lowest BCUT2D eigenvalue weighted by Crippen LogP contribution is -2.32. The Morgan fingerprint density at radius 3 is 2.50 bits per heavy atom. The minimum atomic E-state index is -0.129. The molecule has 2 aromatic rings. The summed E-state index contributed by atoms with van der Waals surface area (Å²) >= 11 is 0. The molecule has 2 amide bonds. The number of amides is 2. The summed E-state index contributed by atoms with van der Waals surface area (Å²) in [4.78, 5) is 38.0. The number of aromatic nitrogens is 3. The summed E-state index contributed by atoms with van der Waals surface area (Å²) in [5, 5.41) is 0. The third-order valence-electron chi connectivity index (χ3n) is 5.39. The molecule has 0 N–H and O–H groups in total. The van der Waals surface area contributed by atoms with Crippen LogP contribution in [-0.4, -0.2) is 62.8 Å². The van der Waals surface area contributed by atoms with Crippen LogP contribution in [0.1, 0.15) is 59.1 Å². The van der Waals surface area contributed by atoms with Gasteiger partial charge in [-0.25, -0.2) is 4.98 Å². The lowest BCUT2D eigenvalue weighted by atomic mass is 10.1. The fraction of sp³-hybridized carbons (Fsp3) is 0.524. The van der Waals surface area contributed by atoms with Crippen molar-refractivity contribution >= 4 is 11.8 Å². The van der Waals surface area contributed by atoms with Crippen LogP contribution in [0.3, 0.4) is 0 Å². The predicted octanol–water partition coefficient (Wildman–Crippen LogP) is 2.41. The molecule has 1 aliphatic heterocycles. The molecule has 28 heavy (non-hydrogen) atoms. The number of fused-ring (bicyclic) bond motifs is 1. The summed E-state index contributed by atoms with van der Waals surface area (Å²) in [5.41, 5.74) is 2.50. The van der Waals surface area contributed by atoms with Gasteiger partial charge in [-0.15, -0.1) is 0 Å². The number of carbonyl (C=O) groups is 2. The fourth-order valence-electron chi connectivity index (χ4n) is 3.66. The number of rotatable bonds is 7. The fourth-order valence-corrected chi connectivity index (χ4v) is 3.66. The molecule has 150 valence electrons. The summed E-state index contributed by atoms with van der Waals surface area (Å²) in [6.45, 7) is 6.52. The molecule has 3 rings (SSSR count). The van der Waals surface area contributed by atoms with E-state index in [-0.39, 0.29) is 11.8 Å². The van der Waals surface area contributed by atoms with Gasteiger partial charge in [0.1, 0.15) is 5.69 Å². The Morgan fingerprint density at radius 1 is 1.11 bits per heavy atom. The predicted molar refractivity (Wildman–Crippen MR) is 107 cm³/mol. The second-order valence-electron chi connectivity index (χ2n) is 7.15. The zero-order valence-corrected chi connectivity index (χ0v) is 17.0. The molecule has 0 bridgehead atoms. The van der Waals surface area contributed by atoms with Crippen LogP contribution in [-0.2, 0) is 19.4 Å². The van der Waals surface area contributed by atoms with Crippen molar-refractivity contribution in [2.24, 2.45) is 0 Å². The third kappa shape index (κ3) is 4.08. The van der Waals surface area contributed by atoms with E-state index in [1.54, 1.807) is 29.2 Å². The van der Waals surface area contributed by atoms with E-state index in [9.17, 15) is 9.59 Å². The SMILES string of the molecule is CCN(CC)C(=O)c1nc(C(=O)N(C)CCc2ccncc2)n2c1CCCC2.